The second-order valence-corrected chi connectivity index (χ2v) is 8.42. The van der Waals surface area contributed by atoms with Gasteiger partial charge in [-0.1, -0.05) is 18.2 Å². The highest BCUT2D eigenvalue weighted by Crippen LogP contribution is 2.23. The summed E-state index contributed by atoms with van der Waals surface area (Å²) in [7, 11) is 0. The Kier molecular flexibility index (Phi) is 5.34. The largest absolute Gasteiger partial charge is 0.349 e. The van der Waals surface area contributed by atoms with E-state index < -0.39 is 0 Å². The molecule has 5 aromatic heterocycles. The van der Waals surface area contributed by atoms with E-state index in [1.54, 1.807) is 52.4 Å². The lowest BCUT2D eigenvalue weighted by atomic mass is 10.2. The van der Waals surface area contributed by atoms with E-state index in [0.717, 1.165) is 22.4 Å². The summed E-state index contributed by atoms with van der Waals surface area (Å²) in [6, 6.07) is 18.9. The third kappa shape index (κ3) is 3.92. The average Bonchev–Trinajstić information content (AvgIpc) is 3.59. The maximum atomic E-state index is 13.6. The molecule has 0 saturated heterocycles. The third-order valence-corrected chi connectivity index (χ3v) is 6.10. The maximum absolute atomic E-state index is 13.6. The quantitative estimate of drug-likeness (QED) is 0.398. The molecule has 0 saturated carbocycles. The maximum Gasteiger partial charge on any atom is 0.332 e. The zero-order valence-electron chi connectivity index (χ0n) is 19.2. The van der Waals surface area contributed by atoms with Crippen molar-refractivity contribution in [3.63, 3.8) is 0 Å². The van der Waals surface area contributed by atoms with E-state index >= 15 is 0 Å². The van der Waals surface area contributed by atoms with Gasteiger partial charge in [-0.05, 0) is 53.6 Å². The molecule has 6 rings (SSSR count). The van der Waals surface area contributed by atoms with Crippen molar-refractivity contribution in [2.45, 2.75) is 13.1 Å². The number of aromatic nitrogens is 7. The van der Waals surface area contributed by atoms with E-state index in [9.17, 15) is 9.59 Å². The third-order valence-electron chi connectivity index (χ3n) is 6.10. The van der Waals surface area contributed by atoms with Crippen LogP contribution >= 0.6 is 0 Å². The van der Waals surface area contributed by atoms with Crippen LogP contribution in [0.1, 0.15) is 11.1 Å². The van der Waals surface area contributed by atoms with Crippen LogP contribution in [-0.4, -0.2) is 33.9 Å². The molecule has 0 unspecified atom stereocenters. The van der Waals surface area contributed by atoms with Crippen molar-refractivity contribution in [3.05, 3.63) is 130 Å². The first-order valence-electron chi connectivity index (χ1n) is 11.4. The molecule has 0 aliphatic rings. The molecule has 0 spiro atoms. The van der Waals surface area contributed by atoms with Crippen LogP contribution in [0.15, 0.2) is 107 Å². The lowest BCUT2D eigenvalue weighted by Gasteiger charge is -2.12. The normalized spacial score (nSPS) is 11.2. The van der Waals surface area contributed by atoms with Crippen LogP contribution in [0.3, 0.4) is 0 Å². The fourth-order valence-corrected chi connectivity index (χ4v) is 4.26. The molecule has 0 aliphatic heterocycles. The number of para-hydroxylation sites is 1. The number of nitrogens with zero attached hydrogens (tertiary/aromatic N) is 6. The lowest BCUT2D eigenvalue weighted by Crippen LogP contribution is -2.40. The number of hydrogen-bond donors (Lipinski definition) is 1. The van der Waals surface area contributed by atoms with Gasteiger partial charge in [0, 0.05) is 36.5 Å². The number of aromatic amines is 1. The van der Waals surface area contributed by atoms with Gasteiger partial charge in [0.15, 0.2) is 0 Å². The zero-order valence-corrected chi connectivity index (χ0v) is 19.2. The van der Waals surface area contributed by atoms with Gasteiger partial charge < -0.3 is 4.98 Å². The number of fused-ring (bicyclic) bond motifs is 1. The van der Waals surface area contributed by atoms with E-state index in [2.05, 4.69) is 20.1 Å². The van der Waals surface area contributed by atoms with Crippen LogP contribution in [-0.2, 0) is 13.1 Å². The van der Waals surface area contributed by atoms with Crippen LogP contribution < -0.4 is 11.2 Å². The molecular weight excluding hydrogens is 454 g/mol. The minimum atomic E-state index is -0.383. The van der Waals surface area contributed by atoms with E-state index in [-0.39, 0.29) is 17.8 Å². The van der Waals surface area contributed by atoms with E-state index in [1.165, 1.54) is 4.57 Å². The molecule has 5 heterocycles. The van der Waals surface area contributed by atoms with Crippen molar-refractivity contribution in [3.8, 4) is 16.9 Å². The molecule has 0 fully saturated rings. The number of hydrogen-bond acceptors (Lipinski definition) is 5. The van der Waals surface area contributed by atoms with Gasteiger partial charge in [0.2, 0.25) is 0 Å². The van der Waals surface area contributed by atoms with Gasteiger partial charge in [-0.3, -0.25) is 23.9 Å². The summed E-state index contributed by atoms with van der Waals surface area (Å²) in [5.41, 5.74) is 4.29. The Morgan fingerprint density at radius 2 is 1.42 bits per heavy atom. The summed E-state index contributed by atoms with van der Waals surface area (Å²) < 4.78 is 4.65. The highest BCUT2D eigenvalue weighted by atomic mass is 16.2. The Morgan fingerprint density at radius 3 is 2.08 bits per heavy atom. The molecule has 176 valence electrons. The number of nitrogens with one attached hydrogen (secondary N) is 1. The zero-order chi connectivity index (χ0) is 24.5. The van der Waals surface area contributed by atoms with Gasteiger partial charge in [-0.2, -0.15) is 5.10 Å². The molecule has 0 radical (unpaired) electrons. The number of pyridine rings is 2. The SMILES string of the molecule is O=c1c2[nH]c(-c3cnn(-c4ccccc4)c3)cc2n(Cc2ccncc2)c(=O)n1Cc1ccncc1. The van der Waals surface area contributed by atoms with Crippen LogP contribution in [0.4, 0.5) is 0 Å². The van der Waals surface area contributed by atoms with Crippen LogP contribution in [0.2, 0.25) is 0 Å². The number of H-pyrrole nitrogens is 1. The fraction of sp³-hybridized carbons (Fsp3) is 0.0741. The van der Waals surface area contributed by atoms with Crippen molar-refractivity contribution < 1.29 is 0 Å². The Labute approximate surface area is 205 Å². The van der Waals surface area contributed by atoms with Crippen LogP contribution in [0.25, 0.3) is 28.0 Å². The van der Waals surface area contributed by atoms with Crippen molar-refractivity contribution in [1.82, 2.24) is 33.9 Å². The van der Waals surface area contributed by atoms with Gasteiger partial charge in [0.05, 0.1) is 36.2 Å². The second kappa shape index (κ2) is 8.95. The Morgan fingerprint density at radius 1 is 0.778 bits per heavy atom. The van der Waals surface area contributed by atoms with Gasteiger partial charge >= 0.3 is 5.69 Å². The first-order valence-corrected chi connectivity index (χ1v) is 11.4. The predicted octanol–water partition coefficient (Wildman–Crippen LogP) is 3.23. The standard InChI is InChI=1S/C27H21N7O2/c35-26-25-24(14-23(31-25)21-15-30-34(18-21)22-4-2-1-3-5-22)32(16-19-6-10-28-11-7-19)27(36)33(26)17-20-8-12-29-13-9-20/h1-15,18,31H,16-17H2. The number of benzene rings is 1. The summed E-state index contributed by atoms with van der Waals surface area (Å²) in [5, 5.41) is 4.47. The Bertz CT molecular complexity index is 1770. The molecular formula is C27H21N7O2. The molecule has 1 aromatic carbocycles. The first kappa shape index (κ1) is 21.5. The monoisotopic (exact) mass is 475 g/mol. The highest BCUT2D eigenvalue weighted by Gasteiger charge is 2.18. The van der Waals surface area contributed by atoms with E-state index in [0.29, 0.717) is 23.3 Å². The molecule has 0 bridgehead atoms. The smallest absolute Gasteiger partial charge is 0.332 e. The Balaban J connectivity index is 1.51. The van der Waals surface area contributed by atoms with Crippen LogP contribution in [0.5, 0.6) is 0 Å². The predicted molar refractivity (Wildman–Crippen MR) is 136 cm³/mol. The Hall–Kier alpha value is -5.05. The van der Waals surface area contributed by atoms with Gasteiger partial charge in [-0.25, -0.2) is 9.48 Å². The average molecular weight is 476 g/mol. The number of rotatable bonds is 6. The topological polar surface area (TPSA) is 103 Å². The van der Waals surface area contributed by atoms with Gasteiger partial charge in [0.25, 0.3) is 5.56 Å². The van der Waals surface area contributed by atoms with Gasteiger partial charge in [0.1, 0.15) is 5.52 Å². The molecule has 36 heavy (non-hydrogen) atoms. The minimum Gasteiger partial charge on any atom is -0.349 e. The molecule has 6 aromatic rings. The summed E-state index contributed by atoms with van der Waals surface area (Å²) in [5.74, 6) is 0. The lowest BCUT2D eigenvalue weighted by molar-refractivity contribution is 0.634. The molecule has 0 atom stereocenters. The summed E-state index contributed by atoms with van der Waals surface area (Å²) in [6.07, 6.45) is 10.3. The summed E-state index contributed by atoms with van der Waals surface area (Å²) >= 11 is 0. The molecule has 0 aliphatic carbocycles. The van der Waals surface area contributed by atoms with Crippen molar-refractivity contribution >= 4 is 11.0 Å². The van der Waals surface area contributed by atoms with E-state index in [4.69, 9.17) is 0 Å². The molecule has 9 nitrogen and oxygen atoms in total. The molecule has 1 N–H and O–H groups in total. The molecule has 9 heteroatoms. The fourth-order valence-electron chi connectivity index (χ4n) is 4.26. The van der Waals surface area contributed by atoms with E-state index in [1.807, 2.05) is 54.7 Å². The summed E-state index contributed by atoms with van der Waals surface area (Å²) in [6.45, 7) is 0.446. The van der Waals surface area contributed by atoms with Crippen molar-refractivity contribution in [2.24, 2.45) is 0 Å². The van der Waals surface area contributed by atoms with Crippen molar-refractivity contribution in [1.29, 1.82) is 0 Å². The van der Waals surface area contributed by atoms with Gasteiger partial charge in [-0.15, -0.1) is 0 Å². The molecule has 0 amide bonds. The summed E-state index contributed by atoms with van der Waals surface area (Å²) in [4.78, 5) is 38.5. The van der Waals surface area contributed by atoms with Crippen molar-refractivity contribution in [2.75, 3.05) is 0 Å². The second-order valence-electron chi connectivity index (χ2n) is 8.42. The van der Waals surface area contributed by atoms with Crippen LogP contribution in [0, 0.1) is 0 Å². The first-order chi connectivity index (χ1) is 17.7. The highest BCUT2D eigenvalue weighted by molar-refractivity contribution is 5.82. The minimum absolute atomic E-state index is 0.146.